The lowest BCUT2D eigenvalue weighted by atomic mass is 9.47. The lowest BCUT2D eigenvalue weighted by molar-refractivity contribution is -0.000212. The number of hydrogen-bond acceptors (Lipinski definition) is 2. The fraction of sp³-hybridized carbons (Fsp3) is 0.440. The number of benzene rings is 2. The minimum atomic E-state index is 0.430. The molecule has 0 N–H and O–H groups in total. The van der Waals surface area contributed by atoms with Crippen molar-refractivity contribution in [3.63, 3.8) is 0 Å². The zero-order valence-corrected chi connectivity index (χ0v) is 15.1. The molecule has 6 aliphatic carbocycles. The van der Waals surface area contributed by atoms with Gasteiger partial charge in [-0.05, 0) is 64.2 Å². The Morgan fingerprint density at radius 1 is 0.556 bits per heavy atom. The molecule has 6 bridgehead atoms. The summed E-state index contributed by atoms with van der Waals surface area (Å²) in [6.45, 7) is 0. The monoisotopic (exact) mass is 350 g/mol. The van der Waals surface area contributed by atoms with Crippen molar-refractivity contribution in [3.8, 4) is 0 Å². The smallest absolute Gasteiger partial charge is 0.0786 e. The molecular formula is C25H22N2. The Hall–Kier alpha value is -2.22. The van der Waals surface area contributed by atoms with E-state index < -0.39 is 0 Å². The molecule has 0 spiro atoms. The molecule has 2 aliphatic heterocycles. The molecule has 8 aliphatic rings. The highest BCUT2D eigenvalue weighted by Crippen LogP contribution is 2.71. The first-order valence-electron chi connectivity index (χ1n) is 10.7. The molecule has 2 fully saturated rings. The van der Waals surface area contributed by atoms with Crippen LogP contribution in [-0.4, -0.2) is 12.1 Å². The van der Waals surface area contributed by atoms with Crippen LogP contribution in [0.5, 0.6) is 0 Å². The SMILES string of the molecule is C1=C[C@H]2c3ccccc3[C@@H]1[C@H]1[C@H]3N=N[C@@H]([C@H]12)[C@H]1[C@@H]3[C@@H]2C[C@H]1c1ccccc12. The Bertz CT molecular complexity index is 972. The van der Waals surface area contributed by atoms with E-state index in [4.69, 9.17) is 10.2 Å². The molecule has 2 aromatic carbocycles. The Morgan fingerprint density at radius 3 is 1.48 bits per heavy atom. The predicted molar refractivity (Wildman–Crippen MR) is 104 cm³/mol. The molecule has 2 heteroatoms. The van der Waals surface area contributed by atoms with Crippen LogP contribution in [0.4, 0.5) is 0 Å². The van der Waals surface area contributed by atoms with Crippen LogP contribution in [0.3, 0.4) is 0 Å². The average Bonchev–Trinajstić information content (AvgIpc) is 3.34. The molecule has 0 unspecified atom stereocenters. The van der Waals surface area contributed by atoms with E-state index in [9.17, 15) is 0 Å². The maximum Gasteiger partial charge on any atom is 0.0786 e. The van der Waals surface area contributed by atoms with Crippen molar-refractivity contribution in [2.75, 3.05) is 0 Å². The maximum absolute atomic E-state index is 5.00. The second-order valence-electron chi connectivity index (χ2n) is 9.66. The number of nitrogens with zero attached hydrogens (tertiary/aromatic N) is 2. The van der Waals surface area contributed by atoms with Gasteiger partial charge in [0.2, 0.25) is 0 Å². The van der Waals surface area contributed by atoms with Crippen LogP contribution in [0.2, 0.25) is 0 Å². The van der Waals surface area contributed by atoms with Gasteiger partial charge in [-0.1, -0.05) is 60.7 Å². The van der Waals surface area contributed by atoms with Crippen molar-refractivity contribution in [3.05, 3.63) is 82.9 Å². The first-order chi connectivity index (χ1) is 13.4. The van der Waals surface area contributed by atoms with E-state index in [1.54, 1.807) is 22.3 Å². The van der Waals surface area contributed by atoms with Crippen LogP contribution >= 0.6 is 0 Å². The van der Waals surface area contributed by atoms with Crippen molar-refractivity contribution >= 4 is 0 Å². The number of rotatable bonds is 0. The summed E-state index contributed by atoms with van der Waals surface area (Å²) in [5, 5.41) is 10.00. The maximum atomic E-state index is 5.00. The van der Waals surface area contributed by atoms with Crippen molar-refractivity contribution in [2.45, 2.75) is 42.2 Å². The van der Waals surface area contributed by atoms with Crippen molar-refractivity contribution in [1.29, 1.82) is 0 Å². The van der Waals surface area contributed by atoms with Gasteiger partial charge in [-0.2, -0.15) is 10.2 Å². The molecule has 0 saturated heterocycles. The third-order valence-electron chi connectivity index (χ3n) is 9.10. The van der Waals surface area contributed by atoms with Gasteiger partial charge in [0, 0.05) is 11.8 Å². The lowest BCUT2D eigenvalue weighted by Crippen LogP contribution is -2.60. The summed E-state index contributed by atoms with van der Waals surface area (Å²) in [7, 11) is 0. The van der Waals surface area contributed by atoms with Crippen LogP contribution < -0.4 is 0 Å². The van der Waals surface area contributed by atoms with Gasteiger partial charge in [-0.25, -0.2) is 0 Å². The van der Waals surface area contributed by atoms with Gasteiger partial charge < -0.3 is 0 Å². The molecule has 132 valence electrons. The van der Waals surface area contributed by atoms with Gasteiger partial charge in [-0.3, -0.25) is 0 Å². The van der Waals surface area contributed by atoms with E-state index in [2.05, 4.69) is 60.7 Å². The highest BCUT2D eigenvalue weighted by Gasteiger charge is 2.67. The zero-order chi connectivity index (χ0) is 17.3. The Labute approximate surface area is 159 Å². The van der Waals surface area contributed by atoms with Gasteiger partial charge >= 0.3 is 0 Å². The number of azo groups is 1. The van der Waals surface area contributed by atoms with E-state index >= 15 is 0 Å². The van der Waals surface area contributed by atoms with Crippen LogP contribution in [0.25, 0.3) is 0 Å². The molecule has 27 heavy (non-hydrogen) atoms. The molecule has 2 heterocycles. The second-order valence-corrected chi connectivity index (χ2v) is 9.66. The number of allylic oxidation sites excluding steroid dienone is 2. The fourth-order valence-corrected chi connectivity index (χ4v) is 8.48. The molecule has 10 rings (SSSR count). The molecular weight excluding hydrogens is 328 g/mol. The van der Waals surface area contributed by atoms with E-state index in [0.717, 1.165) is 23.7 Å². The van der Waals surface area contributed by atoms with Gasteiger partial charge in [-0.15, -0.1) is 0 Å². The Kier molecular flexibility index (Phi) is 2.28. The highest BCUT2D eigenvalue weighted by molar-refractivity contribution is 5.51. The summed E-state index contributed by atoms with van der Waals surface area (Å²) in [6.07, 6.45) is 6.38. The molecule has 0 radical (unpaired) electrons. The summed E-state index contributed by atoms with van der Waals surface area (Å²) < 4.78 is 0. The lowest BCUT2D eigenvalue weighted by Gasteiger charge is -2.60. The second kappa shape index (κ2) is 4.43. The first-order valence-corrected chi connectivity index (χ1v) is 10.7. The summed E-state index contributed by atoms with van der Waals surface area (Å²) in [5.74, 6) is 5.36. The Morgan fingerprint density at radius 2 is 1.00 bits per heavy atom. The zero-order valence-electron chi connectivity index (χ0n) is 15.1. The van der Waals surface area contributed by atoms with Gasteiger partial charge in [0.25, 0.3) is 0 Å². The minimum absolute atomic E-state index is 0.430. The number of hydrogen-bond donors (Lipinski definition) is 0. The van der Waals surface area contributed by atoms with Crippen LogP contribution in [0.15, 0.2) is 70.9 Å². The van der Waals surface area contributed by atoms with E-state index in [1.165, 1.54) is 6.42 Å². The van der Waals surface area contributed by atoms with E-state index in [1.807, 2.05) is 0 Å². The minimum Gasteiger partial charge on any atom is -0.190 e. The standard InChI is InChI=1S/C25H22N2/c1-2-6-13-12(5-1)16-9-10-17(13)21-20(16)24-22-18-11-19(23(22)25(21)27-26-24)15-8-4-3-7-14(15)18/h1-10,16-25H,11H2/t16-,17+,18-,19+,20-,21+,22+,23-,24-,25+. The van der Waals surface area contributed by atoms with Crippen molar-refractivity contribution < 1.29 is 0 Å². The van der Waals surface area contributed by atoms with Gasteiger partial charge in [0.05, 0.1) is 12.1 Å². The average molecular weight is 350 g/mol. The Balaban J connectivity index is 1.33. The third kappa shape index (κ3) is 1.40. The van der Waals surface area contributed by atoms with Crippen molar-refractivity contribution in [2.24, 2.45) is 33.9 Å². The largest absolute Gasteiger partial charge is 0.190 e. The molecule has 0 amide bonds. The molecule has 2 saturated carbocycles. The highest BCUT2D eigenvalue weighted by atomic mass is 15.2. The fourth-order valence-electron chi connectivity index (χ4n) is 8.48. The van der Waals surface area contributed by atoms with Gasteiger partial charge in [0.15, 0.2) is 0 Å². The molecule has 2 aromatic rings. The van der Waals surface area contributed by atoms with Crippen LogP contribution in [-0.2, 0) is 0 Å². The molecule has 2 nitrogen and oxygen atoms in total. The summed E-state index contributed by atoms with van der Waals surface area (Å²) in [6, 6.07) is 19.3. The topological polar surface area (TPSA) is 24.7 Å². The quantitative estimate of drug-likeness (QED) is 0.568. The van der Waals surface area contributed by atoms with Gasteiger partial charge in [0.1, 0.15) is 0 Å². The predicted octanol–water partition coefficient (Wildman–Crippen LogP) is 5.40. The molecule has 10 atom stereocenters. The summed E-state index contributed by atoms with van der Waals surface area (Å²) >= 11 is 0. The van der Waals surface area contributed by atoms with Crippen LogP contribution in [0.1, 0.15) is 52.3 Å². The third-order valence-corrected chi connectivity index (χ3v) is 9.10. The van der Waals surface area contributed by atoms with E-state index in [0.29, 0.717) is 35.8 Å². The van der Waals surface area contributed by atoms with Crippen LogP contribution in [0, 0.1) is 23.7 Å². The first kappa shape index (κ1) is 13.9. The van der Waals surface area contributed by atoms with Crippen molar-refractivity contribution in [1.82, 2.24) is 0 Å². The van der Waals surface area contributed by atoms with E-state index in [-0.39, 0.29) is 0 Å². The number of fused-ring (bicyclic) bond motifs is 5. The summed E-state index contributed by atoms with van der Waals surface area (Å²) in [4.78, 5) is 0. The molecule has 0 aromatic heterocycles. The normalized spacial score (nSPS) is 48.3. The summed E-state index contributed by atoms with van der Waals surface area (Å²) in [5.41, 5.74) is 6.43.